The maximum absolute atomic E-state index is 14.2. The van der Waals surface area contributed by atoms with E-state index in [2.05, 4.69) is 9.88 Å². The van der Waals surface area contributed by atoms with E-state index in [4.69, 9.17) is 15.2 Å². The fraction of sp³-hybridized carbons (Fsp3) is 0.368. The normalized spacial score (nSPS) is 19.8. The van der Waals surface area contributed by atoms with E-state index >= 15 is 0 Å². The summed E-state index contributed by atoms with van der Waals surface area (Å²) in [5.74, 6) is -1.05. The van der Waals surface area contributed by atoms with Crippen LogP contribution in [0.15, 0.2) is 96.1 Å². The molecule has 2 aliphatic heterocycles. The minimum Gasteiger partial charge on any atom is -0.465 e. The number of amides is 1. The molecule has 2 saturated heterocycles. The van der Waals surface area contributed by atoms with Gasteiger partial charge in [-0.2, -0.15) is 0 Å². The number of ether oxygens (including phenoxy) is 2. The first-order chi connectivity index (χ1) is 24.2. The quantitative estimate of drug-likeness (QED) is 0.231. The molecular formula is C38H42FN5O6. The van der Waals surface area contributed by atoms with Gasteiger partial charge in [0.2, 0.25) is 11.8 Å². The Bertz CT molecular complexity index is 1830. The number of halogens is 1. The number of carbonyl (C=O) groups is 2. The predicted octanol–water partition coefficient (Wildman–Crippen LogP) is 4.52. The van der Waals surface area contributed by atoms with E-state index in [-0.39, 0.29) is 67.0 Å². The maximum atomic E-state index is 14.2. The van der Waals surface area contributed by atoms with Crippen LogP contribution in [0.4, 0.5) is 10.1 Å². The number of benzene rings is 3. The number of nitrogens with zero attached hydrogens (tertiary/aromatic N) is 4. The highest BCUT2D eigenvalue weighted by Crippen LogP contribution is 2.39. The largest absolute Gasteiger partial charge is 0.465 e. The third kappa shape index (κ3) is 7.71. The van der Waals surface area contributed by atoms with Gasteiger partial charge in [-0.1, -0.05) is 60.7 Å². The molecule has 11 nitrogen and oxygen atoms in total. The average Bonchev–Trinajstić information content (AvgIpc) is 3.13. The Morgan fingerprint density at radius 3 is 2.32 bits per heavy atom. The van der Waals surface area contributed by atoms with Crippen molar-refractivity contribution in [1.82, 2.24) is 19.4 Å². The van der Waals surface area contributed by atoms with Gasteiger partial charge < -0.3 is 25.2 Å². The van der Waals surface area contributed by atoms with E-state index in [9.17, 15) is 23.9 Å². The molecule has 3 heterocycles. The van der Waals surface area contributed by atoms with Crippen molar-refractivity contribution in [1.29, 1.82) is 0 Å². The topological polar surface area (TPSA) is 140 Å². The number of nitrogens with two attached hydrogens (primary N) is 1. The van der Waals surface area contributed by atoms with Crippen molar-refractivity contribution in [2.75, 3.05) is 38.5 Å². The molecule has 0 spiro atoms. The number of likely N-dealkylation sites (tertiary alicyclic amines) is 2. The molecule has 262 valence electrons. The third-order valence-corrected chi connectivity index (χ3v) is 9.71. The number of anilines is 1. The molecule has 6 rings (SSSR count). The summed E-state index contributed by atoms with van der Waals surface area (Å²) in [7, 11) is 0. The maximum Gasteiger partial charge on any atom is 0.327 e. The van der Waals surface area contributed by atoms with Crippen molar-refractivity contribution in [3.8, 4) is 11.6 Å². The second-order valence-electron chi connectivity index (χ2n) is 13.0. The van der Waals surface area contributed by atoms with Crippen molar-refractivity contribution >= 4 is 17.6 Å². The molecule has 12 heteroatoms. The van der Waals surface area contributed by atoms with Crippen molar-refractivity contribution in [3.05, 3.63) is 119 Å². The summed E-state index contributed by atoms with van der Waals surface area (Å²) in [5.41, 5.74) is 5.86. The van der Waals surface area contributed by atoms with Crippen molar-refractivity contribution in [2.45, 2.75) is 50.3 Å². The zero-order chi connectivity index (χ0) is 35.3. The minimum absolute atomic E-state index is 0.0123. The Labute approximate surface area is 290 Å². The second-order valence-corrected chi connectivity index (χ2v) is 13.0. The molecule has 50 heavy (non-hydrogen) atoms. The summed E-state index contributed by atoms with van der Waals surface area (Å²) in [5, 5.41) is 11.5. The highest BCUT2D eigenvalue weighted by molar-refractivity contribution is 5.81. The van der Waals surface area contributed by atoms with E-state index < -0.39 is 23.0 Å². The lowest BCUT2D eigenvalue weighted by atomic mass is 9.78. The summed E-state index contributed by atoms with van der Waals surface area (Å²) in [6.45, 7) is 3.68. The minimum atomic E-state index is -1.27. The summed E-state index contributed by atoms with van der Waals surface area (Å²) in [4.78, 5) is 48.7. The Hall–Kier alpha value is -5.07. The van der Waals surface area contributed by atoms with Gasteiger partial charge in [0, 0.05) is 38.0 Å². The van der Waals surface area contributed by atoms with Crippen LogP contribution in [-0.2, 0) is 20.9 Å². The number of rotatable bonds is 10. The fourth-order valence-electron chi connectivity index (χ4n) is 7.05. The van der Waals surface area contributed by atoms with Gasteiger partial charge in [-0.25, -0.2) is 14.2 Å². The number of carbonyl (C=O) groups excluding carboxylic acids is 2. The first-order valence-electron chi connectivity index (χ1n) is 17.0. The third-order valence-electron chi connectivity index (χ3n) is 9.71. The predicted molar refractivity (Wildman–Crippen MR) is 185 cm³/mol. The molecule has 3 N–H and O–H groups in total. The number of aromatic nitrogens is 2. The number of nitrogen functional groups attached to an aromatic ring is 1. The lowest BCUT2D eigenvalue weighted by Gasteiger charge is -2.44. The molecule has 1 aromatic heterocycles. The van der Waals surface area contributed by atoms with Crippen LogP contribution in [0, 0.1) is 11.7 Å². The summed E-state index contributed by atoms with van der Waals surface area (Å²) < 4.78 is 25.6. The Kier molecular flexibility index (Phi) is 10.6. The molecule has 0 saturated carbocycles. The molecule has 0 aliphatic carbocycles. The van der Waals surface area contributed by atoms with Crippen LogP contribution in [0.5, 0.6) is 11.6 Å². The Morgan fingerprint density at radius 1 is 1.00 bits per heavy atom. The number of aliphatic hydroxyl groups is 1. The monoisotopic (exact) mass is 683 g/mol. The Balaban J connectivity index is 1.14. The van der Waals surface area contributed by atoms with Gasteiger partial charge >= 0.3 is 5.97 Å². The van der Waals surface area contributed by atoms with Crippen LogP contribution in [-0.4, -0.2) is 74.7 Å². The number of esters is 1. The number of hydrogen-bond acceptors (Lipinski definition) is 9. The number of piperidine rings is 2. The summed E-state index contributed by atoms with van der Waals surface area (Å²) in [6, 6.07) is 24.2. The van der Waals surface area contributed by atoms with Crippen molar-refractivity contribution in [3.63, 3.8) is 0 Å². The standard InChI is InChI=1S/C38H42FN5O6/c1-2-49-37(47)33(27-11-7-4-8-12-27)43-20-17-30(31(23-43)26-9-5-3-6-10-26)35(45)42-21-18-38(48,19-22-42)24-44-25-41-34(32(40)36(44)46)50-29-15-13-28(39)14-16-29/h3-16,25,30-31,33,48H,2,17-24,40H2,1H3/t30-,31+,33?/m1/s1. The van der Waals surface area contributed by atoms with Crippen molar-refractivity contribution < 1.29 is 28.6 Å². The van der Waals surface area contributed by atoms with E-state index in [1.807, 2.05) is 60.7 Å². The molecule has 3 atom stereocenters. The first kappa shape index (κ1) is 34.8. The molecule has 2 aliphatic rings. The SMILES string of the molecule is CCOC(=O)C(c1ccccc1)N1CC[C@@H](C(=O)N2CCC(O)(Cn3cnc(Oc4ccc(F)cc4)c(N)c3=O)CC2)[C@H](c2ccccc2)C1. The molecular weight excluding hydrogens is 641 g/mol. The van der Waals surface area contributed by atoms with Gasteiger partial charge in [0.15, 0.2) is 5.69 Å². The van der Waals surface area contributed by atoms with Gasteiger partial charge in [0.1, 0.15) is 23.9 Å². The van der Waals surface area contributed by atoms with Gasteiger partial charge in [0.05, 0.1) is 18.8 Å². The van der Waals surface area contributed by atoms with Crippen LogP contribution in [0.25, 0.3) is 0 Å². The zero-order valence-corrected chi connectivity index (χ0v) is 28.0. The number of hydrogen-bond donors (Lipinski definition) is 2. The molecule has 1 unspecified atom stereocenters. The Morgan fingerprint density at radius 2 is 1.66 bits per heavy atom. The van der Waals surface area contributed by atoms with Gasteiger partial charge in [0.25, 0.3) is 5.56 Å². The smallest absolute Gasteiger partial charge is 0.327 e. The second kappa shape index (κ2) is 15.2. The van der Waals surface area contributed by atoms with Gasteiger partial charge in [-0.3, -0.25) is 19.1 Å². The molecule has 1 amide bonds. The van der Waals surface area contributed by atoms with Crippen molar-refractivity contribution in [2.24, 2.45) is 5.92 Å². The summed E-state index contributed by atoms with van der Waals surface area (Å²) in [6.07, 6.45) is 2.33. The average molecular weight is 684 g/mol. The first-order valence-corrected chi connectivity index (χ1v) is 17.0. The fourth-order valence-corrected chi connectivity index (χ4v) is 7.05. The van der Waals surface area contributed by atoms with Crippen LogP contribution < -0.4 is 16.0 Å². The lowest BCUT2D eigenvalue weighted by Crippen LogP contribution is -2.53. The molecule has 0 bridgehead atoms. The van der Waals surface area contributed by atoms with Crippen LogP contribution >= 0.6 is 0 Å². The van der Waals surface area contributed by atoms with E-state index in [0.29, 0.717) is 32.6 Å². The van der Waals surface area contributed by atoms with Crippen LogP contribution in [0.2, 0.25) is 0 Å². The zero-order valence-electron chi connectivity index (χ0n) is 28.0. The van der Waals surface area contributed by atoms with Gasteiger partial charge in [-0.15, -0.1) is 0 Å². The van der Waals surface area contributed by atoms with E-state index in [1.165, 1.54) is 35.2 Å². The molecule has 3 aromatic carbocycles. The molecule has 2 fully saturated rings. The molecule has 4 aromatic rings. The van der Waals surface area contributed by atoms with Crippen LogP contribution in [0.1, 0.15) is 49.3 Å². The molecule has 0 radical (unpaired) electrons. The van der Waals surface area contributed by atoms with Crippen LogP contribution in [0.3, 0.4) is 0 Å². The lowest BCUT2D eigenvalue weighted by molar-refractivity contribution is -0.151. The van der Waals surface area contributed by atoms with E-state index in [1.54, 1.807) is 11.8 Å². The summed E-state index contributed by atoms with van der Waals surface area (Å²) >= 11 is 0. The highest BCUT2D eigenvalue weighted by atomic mass is 19.1. The highest BCUT2D eigenvalue weighted by Gasteiger charge is 2.43. The van der Waals surface area contributed by atoms with E-state index in [0.717, 1.165) is 11.1 Å². The van der Waals surface area contributed by atoms with Gasteiger partial charge in [-0.05, 0) is 61.6 Å².